The molecule has 0 saturated carbocycles. The first-order valence-corrected chi connectivity index (χ1v) is 8.14. The van der Waals surface area contributed by atoms with Crippen molar-refractivity contribution in [3.05, 3.63) is 23.9 Å². The summed E-state index contributed by atoms with van der Waals surface area (Å²) < 4.78 is 48.1. The SMILES string of the molecule is C[C@@H](Oc1ncccc1C(=O)NCCN1CCCOCC1)C(F)(F)F. The van der Waals surface area contributed by atoms with Gasteiger partial charge in [-0.15, -0.1) is 0 Å². The highest BCUT2D eigenvalue weighted by molar-refractivity contribution is 5.96. The van der Waals surface area contributed by atoms with E-state index >= 15 is 0 Å². The molecule has 0 aromatic carbocycles. The number of rotatable bonds is 6. The number of carbonyl (C=O) groups is 1. The molecule has 1 N–H and O–H groups in total. The van der Waals surface area contributed by atoms with Crippen LogP contribution in [0.1, 0.15) is 23.7 Å². The standard InChI is InChI=1S/C16H22F3N3O3/c1-12(16(17,18)19)25-15-13(4-2-5-21-15)14(23)20-6-8-22-7-3-10-24-11-9-22/h2,4-5,12H,3,6-11H2,1H3,(H,20,23)/t12-/m1/s1. The average molecular weight is 361 g/mol. The van der Waals surface area contributed by atoms with Crippen LogP contribution in [0.3, 0.4) is 0 Å². The van der Waals surface area contributed by atoms with Crippen molar-refractivity contribution in [2.45, 2.75) is 25.6 Å². The van der Waals surface area contributed by atoms with E-state index in [0.29, 0.717) is 19.7 Å². The second-order valence-electron chi connectivity index (χ2n) is 5.72. The van der Waals surface area contributed by atoms with Crippen LogP contribution in [0.15, 0.2) is 18.3 Å². The fourth-order valence-electron chi connectivity index (χ4n) is 2.34. The van der Waals surface area contributed by atoms with Crippen LogP contribution >= 0.6 is 0 Å². The van der Waals surface area contributed by atoms with Crippen LogP contribution in [0, 0.1) is 0 Å². The van der Waals surface area contributed by atoms with Gasteiger partial charge in [0.25, 0.3) is 5.91 Å². The molecule has 25 heavy (non-hydrogen) atoms. The first-order chi connectivity index (χ1) is 11.9. The Hall–Kier alpha value is -1.87. The molecular weight excluding hydrogens is 339 g/mol. The molecule has 1 aliphatic rings. The first kappa shape index (κ1) is 19.5. The molecule has 0 spiro atoms. The zero-order valence-corrected chi connectivity index (χ0v) is 14.0. The van der Waals surface area contributed by atoms with E-state index in [4.69, 9.17) is 9.47 Å². The van der Waals surface area contributed by atoms with Gasteiger partial charge in [0.05, 0.1) is 6.61 Å². The second-order valence-corrected chi connectivity index (χ2v) is 5.72. The molecule has 0 radical (unpaired) electrons. The Morgan fingerprint density at radius 2 is 2.24 bits per heavy atom. The third-order valence-electron chi connectivity index (χ3n) is 3.79. The summed E-state index contributed by atoms with van der Waals surface area (Å²) in [5.74, 6) is -0.837. The van der Waals surface area contributed by atoms with Gasteiger partial charge < -0.3 is 14.8 Å². The summed E-state index contributed by atoms with van der Waals surface area (Å²) in [6.07, 6.45) is -4.36. The monoisotopic (exact) mass is 361 g/mol. The van der Waals surface area contributed by atoms with E-state index in [1.165, 1.54) is 18.3 Å². The molecule has 1 atom stereocenters. The van der Waals surface area contributed by atoms with Crippen LogP contribution in [0.25, 0.3) is 0 Å². The molecule has 1 aromatic rings. The maximum atomic E-state index is 12.6. The number of aromatic nitrogens is 1. The molecule has 2 heterocycles. The summed E-state index contributed by atoms with van der Waals surface area (Å²) >= 11 is 0. The van der Waals surface area contributed by atoms with E-state index in [0.717, 1.165) is 33.0 Å². The van der Waals surface area contributed by atoms with Gasteiger partial charge in [0.1, 0.15) is 5.56 Å². The highest BCUT2D eigenvalue weighted by atomic mass is 19.4. The summed E-state index contributed by atoms with van der Waals surface area (Å²) in [5, 5.41) is 2.70. The van der Waals surface area contributed by atoms with E-state index in [2.05, 4.69) is 15.2 Å². The Labute approximate surface area is 144 Å². The summed E-state index contributed by atoms with van der Waals surface area (Å²) in [6.45, 7) is 4.96. The lowest BCUT2D eigenvalue weighted by atomic mass is 10.2. The highest BCUT2D eigenvalue weighted by Crippen LogP contribution is 2.25. The number of ether oxygens (including phenoxy) is 2. The van der Waals surface area contributed by atoms with E-state index < -0.39 is 18.2 Å². The van der Waals surface area contributed by atoms with Crippen LogP contribution in [-0.4, -0.2) is 67.5 Å². The van der Waals surface area contributed by atoms with Crippen LogP contribution in [0.2, 0.25) is 0 Å². The maximum Gasteiger partial charge on any atom is 0.425 e. The largest absolute Gasteiger partial charge is 0.464 e. The lowest BCUT2D eigenvalue weighted by Gasteiger charge is -2.20. The summed E-state index contributed by atoms with van der Waals surface area (Å²) in [4.78, 5) is 18.2. The zero-order chi connectivity index (χ0) is 18.3. The van der Waals surface area contributed by atoms with Crippen molar-refractivity contribution in [3.8, 4) is 5.88 Å². The summed E-state index contributed by atoms with van der Waals surface area (Å²) in [5.41, 5.74) is -0.0159. The Morgan fingerprint density at radius 3 is 3.00 bits per heavy atom. The van der Waals surface area contributed by atoms with Crippen LogP contribution in [0.5, 0.6) is 5.88 Å². The quantitative estimate of drug-likeness (QED) is 0.838. The number of nitrogens with zero attached hydrogens (tertiary/aromatic N) is 2. The van der Waals surface area contributed by atoms with Crippen LogP contribution in [0.4, 0.5) is 13.2 Å². The molecule has 1 amide bonds. The number of pyridine rings is 1. The molecule has 1 saturated heterocycles. The highest BCUT2D eigenvalue weighted by Gasteiger charge is 2.38. The Balaban J connectivity index is 1.90. The Bertz CT molecular complexity index is 561. The van der Waals surface area contributed by atoms with Crippen LogP contribution < -0.4 is 10.1 Å². The number of hydrogen-bond donors (Lipinski definition) is 1. The second kappa shape index (κ2) is 9.00. The van der Waals surface area contributed by atoms with Crippen molar-refractivity contribution in [3.63, 3.8) is 0 Å². The normalized spacial score (nSPS) is 17.6. The minimum absolute atomic E-state index is 0.0159. The lowest BCUT2D eigenvalue weighted by Crippen LogP contribution is -2.37. The van der Waals surface area contributed by atoms with Gasteiger partial charge in [-0.1, -0.05) is 0 Å². The van der Waals surface area contributed by atoms with E-state index in [-0.39, 0.29) is 11.4 Å². The smallest absolute Gasteiger partial charge is 0.425 e. The van der Waals surface area contributed by atoms with Crippen molar-refractivity contribution in [2.24, 2.45) is 0 Å². The molecule has 6 nitrogen and oxygen atoms in total. The minimum Gasteiger partial charge on any atom is -0.464 e. The van der Waals surface area contributed by atoms with Gasteiger partial charge in [0.2, 0.25) is 5.88 Å². The van der Waals surface area contributed by atoms with Gasteiger partial charge in [-0.3, -0.25) is 9.69 Å². The topological polar surface area (TPSA) is 63.7 Å². The van der Waals surface area contributed by atoms with Crippen molar-refractivity contribution in [2.75, 3.05) is 39.4 Å². The molecule has 0 bridgehead atoms. The van der Waals surface area contributed by atoms with Crippen molar-refractivity contribution >= 4 is 5.91 Å². The lowest BCUT2D eigenvalue weighted by molar-refractivity contribution is -0.190. The predicted octanol–water partition coefficient (Wildman–Crippen LogP) is 1.86. The van der Waals surface area contributed by atoms with Crippen molar-refractivity contribution in [1.82, 2.24) is 15.2 Å². The van der Waals surface area contributed by atoms with Gasteiger partial charge in [-0.25, -0.2) is 4.98 Å². The third kappa shape index (κ3) is 6.17. The molecule has 9 heteroatoms. The molecule has 1 aliphatic heterocycles. The Morgan fingerprint density at radius 1 is 1.44 bits per heavy atom. The molecule has 0 unspecified atom stereocenters. The predicted molar refractivity (Wildman–Crippen MR) is 84.6 cm³/mol. The molecule has 1 aromatic heterocycles. The molecule has 140 valence electrons. The number of nitrogens with one attached hydrogen (secondary N) is 1. The van der Waals surface area contributed by atoms with Gasteiger partial charge in [-0.05, 0) is 25.5 Å². The number of hydrogen-bond acceptors (Lipinski definition) is 5. The fourth-order valence-corrected chi connectivity index (χ4v) is 2.34. The van der Waals surface area contributed by atoms with Gasteiger partial charge >= 0.3 is 6.18 Å². The molecule has 0 aliphatic carbocycles. The molecule has 1 fully saturated rings. The number of amides is 1. The fraction of sp³-hybridized carbons (Fsp3) is 0.625. The summed E-state index contributed by atoms with van der Waals surface area (Å²) in [6, 6.07) is 2.87. The summed E-state index contributed by atoms with van der Waals surface area (Å²) in [7, 11) is 0. The molecular formula is C16H22F3N3O3. The number of halogens is 3. The number of carbonyl (C=O) groups excluding carboxylic acids is 1. The maximum absolute atomic E-state index is 12.6. The zero-order valence-electron chi connectivity index (χ0n) is 14.0. The van der Waals surface area contributed by atoms with Crippen molar-refractivity contribution < 1.29 is 27.4 Å². The van der Waals surface area contributed by atoms with E-state index in [1.807, 2.05) is 0 Å². The third-order valence-corrected chi connectivity index (χ3v) is 3.79. The minimum atomic E-state index is -4.53. The van der Waals surface area contributed by atoms with E-state index in [9.17, 15) is 18.0 Å². The molecule has 2 rings (SSSR count). The van der Waals surface area contributed by atoms with Crippen LogP contribution in [-0.2, 0) is 4.74 Å². The van der Waals surface area contributed by atoms with Crippen molar-refractivity contribution in [1.29, 1.82) is 0 Å². The van der Waals surface area contributed by atoms with Gasteiger partial charge in [0, 0.05) is 39.0 Å². The van der Waals surface area contributed by atoms with Gasteiger partial charge in [0.15, 0.2) is 6.10 Å². The van der Waals surface area contributed by atoms with E-state index in [1.54, 1.807) is 0 Å². The van der Waals surface area contributed by atoms with Gasteiger partial charge in [-0.2, -0.15) is 13.2 Å². The first-order valence-electron chi connectivity index (χ1n) is 8.14. The average Bonchev–Trinajstić information content (AvgIpc) is 2.83. The Kier molecular flexibility index (Phi) is 7.01. The number of alkyl halides is 3.